The SMILES string of the molecule is CNC(=O)NC1CN(C2CCC3(CC2)OC3[C@]2(C)O[C@@H]2CC=C(C)C)C1. The monoisotopic (exact) mass is 363 g/mol. The van der Waals surface area contributed by atoms with Gasteiger partial charge in [0, 0.05) is 26.2 Å². The van der Waals surface area contributed by atoms with Crippen LogP contribution in [-0.4, -0.2) is 66.6 Å². The number of nitrogens with one attached hydrogen (secondary N) is 2. The van der Waals surface area contributed by atoms with Crippen molar-refractivity contribution in [1.29, 1.82) is 0 Å². The maximum atomic E-state index is 11.4. The summed E-state index contributed by atoms with van der Waals surface area (Å²) >= 11 is 0. The molecule has 3 saturated heterocycles. The van der Waals surface area contributed by atoms with E-state index < -0.39 is 0 Å². The Morgan fingerprint density at radius 3 is 2.54 bits per heavy atom. The average Bonchev–Trinajstić information content (AvgIpc) is 3.46. The molecule has 1 aliphatic carbocycles. The highest BCUT2D eigenvalue weighted by molar-refractivity contribution is 5.73. The van der Waals surface area contributed by atoms with Crippen LogP contribution < -0.4 is 10.6 Å². The van der Waals surface area contributed by atoms with Gasteiger partial charge < -0.3 is 20.1 Å². The van der Waals surface area contributed by atoms with E-state index in [1.54, 1.807) is 7.05 Å². The molecule has 0 bridgehead atoms. The van der Waals surface area contributed by atoms with Crippen molar-refractivity contribution in [2.45, 2.75) is 88.4 Å². The second-order valence-electron chi connectivity index (χ2n) is 8.98. The van der Waals surface area contributed by atoms with Crippen LogP contribution >= 0.6 is 0 Å². The third-order valence-corrected chi connectivity index (χ3v) is 6.80. The number of allylic oxidation sites excluding steroid dienone is 1. The topological polar surface area (TPSA) is 69.4 Å². The highest BCUT2D eigenvalue weighted by atomic mass is 16.7. The molecule has 2 N–H and O–H groups in total. The fourth-order valence-electron chi connectivity index (χ4n) is 4.96. The fourth-order valence-corrected chi connectivity index (χ4v) is 4.96. The van der Waals surface area contributed by atoms with Crippen molar-refractivity contribution in [2.24, 2.45) is 0 Å². The molecule has 4 fully saturated rings. The first-order valence-electron chi connectivity index (χ1n) is 10.1. The van der Waals surface area contributed by atoms with Crippen LogP contribution in [0.1, 0.15) is 52.9 Å². The van der Waals surface area contributed by atoms with Gasteiger partial charge in [0.05, 0.1) is 17.7 Å². The summed E-state index contributed by atoms with van der Waals surface area (Å²) in [6.07, 6.45) is 8.55. The number of ether oxygens (including phenoxy) is 2. The van der Waals surface area contributed by atoms with E-state index in [-0.39, 0.29) is 23.3 Å². The summed E-state index contributed by atoms with van der Waals surface area (Å²) < 4.78 is 12.3. The molecule has 1 unspecified atom stereocenters. The Morgan fingerprint density at radius 1 is 1.23 bits per heavy atom. The third-order valence-electron chi connectivity index (χ3n) is 6.80. The lowest BCUT2D eigenvalue weighted by Crippen LogP contribution is -2.63. The lowest BCUT2D eigenvalue weighted by atomic mass is 9.78. The summed E-state index contributed by atoms with van der Waals surface area (Å²) in [6.45, 7) is 8.45. The van der Waals surface area contributed by atoms with E-state index in [2.05, 4.69) is 42.4 Å². The van der Waals surface area contributed by atoms with E-state index >= 15 is 0 Å². The van der Waals surface area contributed by atoms with Crippen molar-refractivity contribution >= 4 is 6.03 Å². The molecule has 3 aliphatic heterocycles. The molecular weight excluding hydrogens is 330 g/mol. The molecule has 0 aromatic carbocycles. The smallest absolute Gasteiger partial charge is 0.314 e. The van der Waals surface area contributed by atoms with Crippen LogP contribution in [0.4, 0.5) is 4.79 Å². The van der Waals surface area contributed by atoms with E-state index in [0.717, 1.165) is 32.4 Å². The fraction of sp³-hybridized carbons (Fsp3) is 0.850. The number of carbonyl (C=O) groups is 1. The van der Waals surface area contributed by atoms with Crippen molar-refractivity contribution in [3.63, 3.8) is 0 Å². The van der Waals surface area contributed by atoms with Gasteiger partial charge in [-0.3, -0.25) is 4.90 Å². The maximum Gasteiger partial charge on any atom is 0.314 e. The predicted molar refractivity (Wildman–Crippen MR) is 100 cm³/mol. The molecule has 146 valence electrons. The van der Waals surface area contributed by atoms with Gasteiger partial charge in [-0.1, -0.05) is 11.6 Å². The first-order chi connectivity index (χ1) is 12.4. The van der Waals surface area contributed by atoms with E-state index in [4.69, 9.17) is 9.47 Å². The molecule has 4 rings (SSSR count). The summed E-state index contributed by atoms with van der Waals surface area (Å²) in [6, 6.07) is 0.861. The van der Waals surface area contributed by atoms with Crippen LogP contribution in [0.15, 0.2) is 11.6 Å². The molecule has 3 heterocycles. The quantitative estimate of drug-likeness (QED) is 0.580. The minimum Gasteiger partial charge on any atom is -0.363 e. The molecule has 4 aliphatic rings. The van der Waals surface area contributed by atoms with Crippen LogP contribution in [0.25, 0.3) is 0 Å². The van der Waals surface area contributed by atoms with Crippen LogP contribution in [0.2, 0.25) is 0 Å². The van der Waals surface area contributed by atoms with Gasteiger partial charge in [0.2, 0.25) is 0 Å². The molecule has 6 heteroatoms. The number of epoxide rings is 2. The molecule has 1 spiro atoms. The predicted octanol–water partition coefficient (Wildman–Crippen LogP) is 2.19. The minimum atomic E-state index is -0.0770. The summed E-state index contributed by atoms with van der Waals surface area (Å²) in [5.74, 6) is 0. The van der Waals surface area contributed by atoms with Crippen LogP contribution in [0.5, 0.6) is 0 Å². The van der Waals surface area contributed by atoms with Crippen LogP contribution in [-0.2, 0) is 9.47 Å². The first-order valence-corrected chi connectivity index (χ1v) is 10.1. The lowest BCUT2D eigenvalue weighted by Gasteiger charge is -2.46. The number of hydrogen-bond donors (Lipinski definition) is 2. The van der Waals surface area contributed by atoms with Gasteiger partial charge >= 0.3 is 6.03 Å². The number of likely N-dealkylation sites (tertiary alicyclic amines) is 1. The second-order valence-corrected chi connectivity index (χ2v) is 8.98. The zero-order valence-electron chi connectivity index (χ0n) is 16.5. The Bertz CT molecular complexity index is 589. The number of nitrogens with zero attached hydrogens (tertiary/aromatic N) is 1. The number of hydrogen-bond acceptors (Lipinski definition) is 4. The number of urea groups is 1. The zero-order valence-corrected chi connectivity index (χ0v) is 16.5. The van der Waals surface area contributed by atoms with E-state index in [0.29, 0.717) is 18.2 Å². The number of carbonyl (C=O) groups excluding carboxylic acids is 1. The minimum absolute atomic E-state index is 0.0714. The molecule has 0 aromatic heterocycles. The summed E-state index contributed by atoms with van der Waals surface area (Å²) in [5, 5.41) is 5.61. The Hall–Kier alpha value is -1.11. The first kappa shape index (κ1) is 18.3. The zero-order chi connectivity index (χ0) is 18.5. The summed E-state index contributed by atoms with van der Waals surface area (Å²) in [4.78, 5) is 13.9. The van der Waals surface area contributed by atoms with Crippen molar-refractivity contribution in [1.82, 2.24) is 15.5 Å². The van der Waals surface area contributed by atoms with Gasteiger partial charge in [-0.05, 0) is 52.9 Å². The molecule has 3 atom stereocenters. The molecular formula is C20H33N3O3. The maximum absolute atomic E-state index is 11.4. The number of amides is 2. The van der Waals surface area contributed by atoms with Crippen molar-refractivity contribution in [3.05, 3.63) is 11.6 Å². The van der Waals surface area contributed by atoms with Gasteiger partial charge in [0.25, 0.3) is 0 Å². The van der Waals surface area contributed by atoms with Gasteiger partial charge in [-0.15, -0.1) is 0 Å². The van der Waals surface area contributed by atoms with Crippen LogP contribution in [0.3, 0.4) is 0 Å². The van der Waals surface area contributed by atoms with E-state index in [1.165, 1.54) is 18.4 Å². The van der Waals surface area contributed by atoms with E-state index in [1.807, 2.05) is 0 Å². The van der Waals surface area contributed by atoms with E-state index in [9.17, 15) is 4.79 Å². The van der Waals surface area contributed by atoms with Gasteiger partial charge in [0.1, 0.15) is 11.7 Å². The highest BCUT2D eigenvalue weighted by Gasteiger charge is 2.73. The second kappa shape index (κ2) is 6.50. The molecule has 6 nitrogen and oxygen atoms in total. The van der Waals surface area contributed by atoms with Crippen molar-refractivity contribution < 1.29 is 14.3 Å². The van der Waals surface area contributed by atoms with Gasteiger partial charge in [-0.2, -0.15) is 0 Å². The van der Waals surface area contributed by atoms with Gasteiger partial charge in [0.15, 0.2) is 0 Å². The molecule has 2 amide bonds. The Morgan fingerprint density at radius 2 is 1.92 bits per heavy atom. The molecule has 0 radical (unpaired) electrons. The average molecular weight is 364 g/mol. The summed E-state index contributed by atoms with van der Waals surface area (Å²) in [7, 11) is 1.66. The van der Waals surface area contributed by atoms with Crippen molar-refractivity contribution in [2.75, 3.05) is 20.1 Å². The van der Waals surface area contributed by atoms with Gasteiger partial charge in [-0.25, -0.2) is 4.79 Å². The highest BCUT2D eigenvalue weighted by Crippen LogP contribution is 2.60. The Balaban J connectivity index is 1.21. The normalized spacial score (nSPS) is 42.1. The molecule has 1 saturated carbocycles. The standard InChI is InChI=1S/C20H33N3O3/c1-13(2)5-6-16-19(3,25-16)17-20(26-17)9-7-15(8-10-20)23-11-14(12-23)22-18(24)21-4/h5,14-17H,6-12H2,1-4H3,(H2,21,22,24)/t15?,16-,17?,19-,20?/m1/s1. The lowest BCUT2D eigenvalue weighted by molar-refractivity contribution is 0.0452. The molecule has 26 heavy (non-hydrogen) atoms. The van der Waals surface area contributed by atoms with Crippen molar-refractivity contribution in [3.8, 4) is 0 Å². The Kier molecular flexibility index (Phi) is 4.56. The van der Waals surface area contributed by atoms with Crippen LogP contribution in [0, 0.1) is 0 Å². The Labute approximate surface area is 156 Å². The third kappa shape index (κ3) is 3.27. The summed E-state index contributed by atoms with van der Waals surface area (Å²) in [5.41, 5.74) is 1.36. The molecule has 0 aromatic rings. The largest absolute Gasteiger partial charge is 0.363 e. The number of rotatable bonds is 5.